The molecule has 0 amide bonds. The first-order valence-electron chi connectivity index (χ1n) is 8.13. The van der Waals surface area contributed by atoms with E-state index in [1.165, 1.54) is 22.2 Å². The molecule has 4 heteroatoms. The molecule has 0 bridgehead atoms. The number of benzene rings is 2. The van der Waals surface area contributed by atoms with Crippen LogP contribution in [0.25, 0.3) is 10.9 Å². The Kier molecular flexibility index (Phi) is 4.83. The highest BCUT2D eigenvalue weighted by molar-refractivity contribution is 6.30. The Bertz CT molecular complexity index is 869. The molecule has 1 heterocycles. The zero-order chi connectivity index (χ0) is 17.3. The molecule has 2 N–H and O–H groups in total. The highest BCUT2D eigenvalue weighted by Gasteiger charge is 2.21. The molecular weight excluding hydrogens is 320 g/mol. The van der Waals surface area contributed by atoms with E-state index in [1.807, 2.05) is 18.2 Å². The minimum Gasteiger partial charge on any atom is -0.496 e. The molecular formula is C20H23ClN2O. The van der Waals surface area contributed by atoms with Gasteiger partial charge in [-0.15, -0.1) is 0 Å². The second-order valence-corrected chi connectivity index (χ2v) is 6.60. The number of methoxy groups -OCH3 is 1. The van der Waals surface area contributed by atoms with E-state index in [0.29, 0.717) is 6.54 Å². The summed E-state index contributed by atoms with van der Waals surface area (Å²) >= 11 is 6.19. The van der Waals surface area contributed by atoms with Crippen molar-refractivity contribution in [2.75, 3.05) is 13.7 Å². The van der Waals surface area contributed by atoms with Crippen molar-refractivity contribution < 1.29 is 4.74 Å². The largest absolute Gasteiger partial charge is 0.496 e. The first-order chi connectivity index (χ1) is 11.6. The van der Waals surface area contributed by atoms with Crippen LogP contribution in [0.15, 0.2) is 42.5 Å². The minimum absolute atomic E-state index is 0.212. The number of para-hydroxylation sites is 1. The molecule has 3 rings (SSSR count). The SMILES string of the molecule is COc1ccc(Cl)cc1CC(CN)c1c(C)n(C)c2ccccc12. The molecule has 1 atom stereocenters. The summed E-state index contributed by atoms with van der Waals surface area (Å²) in [7, 11) is 3.79. The summed E-state index contributed by atoms with van der Waals surface area (Å²) in [4.78, 5) is 0. The summed E-state index contributed by atoms with van der Waals surface area (Å²) in [6.45, 7) is 2.73. The van der Waals surface area contributed by atoms with E-state index in [2.05, 4.69) is 42.8 Å². The number of fused-ring (bicyclic) bond motifs is 1. The van der Waals surface area contributed by atoms with Gasteiger partial charge in [0.05, 0.1) is 7.11 Å². The van der Waals surface area contributed by atoms with Crippen molar-refractivity contribution in [1.82, 2.24) is 4.57 Å². The Morgan fingerprint density at radius 1 is 1.21 bits per heavy atom. The average molecular weight is 343 g/mol. The second-order valence-electron chi connectivity index (χ2n) is 6.17. The highest BCUT2D eigenvalue weighted by Crippen LogP contribution is 2.35. The second kappa shape index (κ2) is 6.88. The molecule has 0 aliphatic heterocycles. The highest BCUT2D eigenvalue weighted by atomic mass is 35.5. The third-order valence-corrected chi connectivity index (χ3v) is 5.09. The van der Waals surface area contributed by atoms with Crippen molar-refractivity contribution in [3.8, 4) is 5.75 Å². The maximum Gasteiger partial charge on any atom is 0.122 e. The summed E-state index contributed by atoms with van der Waals surface area (Å²) < 4.78 is 7.74. The molecule has 0 saturated carbocycles. The van der Waals surface area contributed by atoms with E-state index in [4.69, 9.17) is 22.1 Å². The molecule has 0 spiro atoms. The maximum absolute atomic E-state index is 6.19. The average Bonchev–Trinajstić information content (AvgIpc) is 2.85. The topological polar surface area (TPSA) is 40.2 Å². The van der Waals surface area contributed by atoms with Crippen LogP contribution in [-0.2, 0) is 13.5 Å². The van der Waals surface area contributed by atoms with Crippen LogP contribution < -0.4 is 10.5 Å². The normalized spacial score (nSPS) is 12.5. The van der Waals surface area contributed by atoms with Crippen LogP contribution in [0.1, 0.15) is 22.7 Å². The van der Waals surface area contributed by atoms with Crippen LogP contribution in [0.4, 0.5) is 0 Å². The van der Waals surface area contributed by atoms with Gasteiger partial charge in [-0.2, -0.15) is 0 Å². The van der Waals surface area contributed by atoms with Crippen LogP contribution in [0.5, 0.6) is 5.75 Å². The molecule has 0 radical (unpaired) electrons. The Labute approximate surface area is 148 Å². The van der Waals surface area contributed by atoms with Crippen LogP contribution in [0.3, 0.4) is 0 Å². The molecule has 126 valence electrons. The number of hydrogen-bond donors (Lipinski definition) is 1. The number of halogens is 1. The molecule has 3 aromatic rings. The van der Waals surface area contributed by atoms with E-state index in [-0.39, 0.29) is 5.92 Å². The lowest BCUT2D eigenvalue weighted by atomic mass is 9.89. The lowest BCUT2D eigenvalue weighted by Crippen LogP contribution is -2.16. The molecule has 1 unspecified atom stereocenters. The van der Waals surface area contributed by atoms with Gasteiger partial charge in [-0.05, 0) is 55.3 Å². The Morgan fingerprint density at radius 3 is 2.67 bits per heavy atom. The summed E-state index contributed by atoms with van der Waals surface area (Å²) in [6, 6.07) is 14.2. The monoisotopic (exact) mass is 342 g/mol. The number of hydrogen-bond acceptors (Lipinski definition) is 2. The maximum atomic E-state index is 6.19. The van der Waals surface area contributed by atoms with Crippen molar-refractivity contribution >= 4 is 22.5 Å². The Hall–Kier alpha value is -1.97. The van der Waals surface area contributed by atoms with Gasteiger partial charge >= 0.3 is 0 Å². The van der Waals surface area contributed by atoms with Crippen LogP contribution in [0.2, 0.25) is 5.02 Å². The number of nitrogens with zero attached hydrogens (tertiary/aromatic N) is 1. The van der Waals surface area contributed by atoms with E-state index in [9.17, 15) is 0 Å². The first kappa shape index (κ1) is 16.9. The van der Waals surface area contributed by atoms with E-state index < -0.39 is 0 Å². The van der Waals surface area contributed by atoms with Gasteiger partial charge in [0.15, 0.2) is 0 Å². The van der Waals surface area contributed by atoms with Gasteiger partial charge in [-0.3, -0.25) is 0 Å². The predicted octanol–water partition coefficient (Wildman–Crippen LogP) is 4.43. The van der Waals surface area contributed by atoms with Crippen molar-refractivity contribution in [3.63, 3.8) is 0 Å². The van der Waals surface area contributed by atoms with E-state index in [0.717, 1.165) is 22.8 Å². The summed E-state index contributed by atoms with van der Waals surface area (Å²) in [5, 5.41) is 1.99. The predicted molar refractivity (Wildman–Crippen MR) is 101 cm³/mol. The smallest absolute Gasteiger partial charge is 0.122 e. The van der Waals surface area contributed by atoms with Crippen molar-refractivity contribution in [3.05, 3.63) is 64.3 Å². The molecule has 2 aromatic carbocycles. The Morgan fingerprint density at radius 2 is 1.96 bits per heavy atom. The van der Waals surface area contributed by atoms with Crippen molar-refractivity contribution in [1.29, 1.82) is 0 Å². The van der Waals surface area contributed by atoms with Crippen molar-refractivity contribution in [2.45, 2.75) is 19.3 Å². The van der Waals surface area contributed by atoms with Gasteiger partial charge in [0.25, 0.3) is 0 Å². The van der Waals surface area contributed by atoms with Gasteiger partial charge in [-0.1, -0.05) is 29.8 Å². The van der Waals surface area contributed by atoms with Gasteiger partial charge in [0.1, 0.15) is 5.75 Å². The lowest BCUT2D eigenvalue weighted by molar-refractivity contribution is 0.408. The van der Waals surface area contributed by atoms with E-state index in [1.54, 1.807) is 7.11 Å². The lowest BCUT2D eigenvalue weighted by Gasteiger charge is -2.18. The third kappa shape index (κ3) is 2.90. The first-order valence-corrected chi connectivity index (χ1v) is 8.51. The van der Waals surface area contributed by atoms with Gasteiger partial charge < -0.3 is 15.0 Å². The van der Waals surface area contributed by atoms with Gasteiger partial charge in [-0.25, -0.2) is 0 Å². The van der Waals surface area contributed by atoms with Crippen LogP contribution in [-0.4, -0.2) is 18.2 Å². The zero-order valence-corrected chi connectivity index (χ0v) is 15.1. The minimum atomic E-state index is 0.212. The summed E-state index contributed by atoms with van der Waals surface area (Å²) in [5.41, 5.74) is 11.1. The molecule has 1 aromatic heterocycles. The quantitative estimate of drug-likeness (QED) is 0.745. The number of aromatic nitrogens is 1. The molecule has 24 heavy (non-hydrogen) atoms. The van der Waals surface area contributed by atoms with Crippen LogP contribution >= 0.6 is 11.6 Å². The fraction of sp³-hybridized carbons (Fsp3) is 0.300. The fourth-order valence-electron chi connectivity index (χ4n) is 3.54. The standard InChI is InChI=1S/C20H23ClN2O/c1-13-20(17-6-4-5-7-18(17)23(13)2)15(12-22)10-14-11-16(21)8-9-19(14)24-3/h4-9,11,15H,10,12,22H2,1-3H3. The third-order valence-electron chi connectivity index (χ3n) is 4.85. The molecule has 3 nitrogen and oxygen atoms in total. The molecule has 0 fully saturated rings. The fourth-order valence-corrected chi connectivity index (χ4v) is 3.74. The zero-order valence-electron chi connectivity index (χ0n) is 14.3. The summed E-state index contributed by atoms with van der Waals surface area (Å²) in [6.07, 6.45) is 0.801. The molecule has 0 aliphatic carbocycles. The van der Waals surface area contributed by atoms with Crippen LogP contribution in [0, 0.1) is 6.92 Å². The molecule has 0 saturated heterocycles. The number of aryl methyl sites for hydroxylation is 1. The molecule has 0 aliphatic rings. The summed E-state index contributed by atoms with van der Waals surface area (Å²) in [5.74, 6) is 1.07. The Balaban J connectivity index is 2.08. The number of rotatable bonds is 5. The van der Waals surface area contributed by atoms with Gasteiger partial charge in [0, 0.05) is 34.6 Å². The number of ether oxygens (including phenoxy) is 1. The number of nitrogens with two attached hydrogens (primary N) is 1. The van der Waals surface area contributed by atoms with E-state index >= 15 is 0 Å². The van der Waals surface area contributed by atoms with Gasteiger partial charge in [0.2, 0.25) is 0 Å². The van der Waals surface area contributed by atoms with Crippen molar-refractivity contribution in [2.24, 2.45) is 12.8 Å².